The van der Waals surface area contributed by atoms with Crippen molar-refractivity contribution >= 4 is 11.5 Å². The van der Waals surface area contributed by atoms with Crippen molar-refractivity contribution in [2.24, 2.45) is 0 Å². The van der Waals surface area contributed by atoms with Crippen molar-refractivity contribution in [3.05, 3.63) is 15.9 Å². The summed E-state index contributed by atoms with van der Waals surface area (Å²) in [6, 6.07) is 0. The second-order valence-electron chi connectivity index (χ2n) is 4.37. The van der Waals surface area contributed by atoms with Gasteiger partial charge < -0.3 is 14.8 Å². The minimum atomic E-state index is -0.518. The SMILES string of the molecule is CCCCOc1nc(CC)nc(NCCOC)c1[N+](=O)[O-]. The van der Waals surface area contributed by atoms with Crippen LogP contribution in [-0.4, -0.2) is 41.8 Å². The average Bonchev–Trinajstić information content (AvgIpc) is 2.47. The fraction of sp³-hybridized carbons (Fsp3) is 0.692. The number of nitro groups is 1. The number of aryl methyl sites for hydroxylation is 1. The second-order valence-corrected chi connectivity index (χ2v) is 4.37. The van der Waals surface area contributed by atoms with Gasteiger partial charge in [0.05, 0.1) is 18.1 Å². The van der Waals surface area contributed by atoms with Gasteiger partial charge in [-0.3, -0.25) is 10.1 Å². The topological polar surface area (TPSA) is 99.4 Å². The number of unbranched alkanes of at least 4 members (excludes halogenated alkanes) is 1. The van der Waals surface area contributed by atoms with Gasteiger partial charge in [0.15, 0.2) is 0 Å². The largest absolute Gasteiger partial charge is 0.473 e. The third-order valence-electron chi connectivity index (χ3n) is 2.73. The van der Waals surface area contributed by atoms with Crippen molar-refractivity contribution < 1.29 is 14.4 Å². The molecule has 0 spiro atoms. The van der Waals surface area contributed by atoms with Crippen LogP contribution in [0.4, 0.5) is 11.5 Å². The van der Waals surface area contributed by atoms with Crippen molar-refractivity contribution in [3.63, 3.8) is 0 Å². The van der Waals surface area contributed by atoms with E-state index in [2.05, 4.69) is 15.3 Å². The molecular weight excluding hydrogens is 276 g/mol. The maximum atomic E-state index is 11.3. The Kier molecular flexibility index (Phi) is 7.38. The van der Waals surface area contributed by atoms with Gasteiger partial charge in [-0.2, -0.15) is 4.98 Å². The molecule has 0 saturated heterocycles. The molecule has 8 heteroatoms. The molecule has 0 unspecified atom stereocenters. The van der Waals surface area contributed by atoms with Crippen LogP contribution in [0.5, 0.6) is 5.88 Å². The molecule has 0 fully saturated rings. The maximum absolute atomic E-state index is 11.3. The van der Waals surface area contributed by atoms with E-state index < -0.39 is 4.92 Å². The molecule has 21 heavy (non-hydrogen) atoms. The van der Waals surface area contributed by atoms with Crippen LogP contribution < -0.4 is 10.1 Å². The second kappa shape index (κ2) is 9.06. The summed E-state index contributed by atoms with van der Waals surface area (Å²) in [6.45, 7) is 5.15. The smallest absolute Gasteiger partial charge is 0.372 e. The third-order valence-corrected chi connectivity index (χ3v) is 2.73. The van der Waals surface area contributed by atoms with Crippen LogP contribution in [0.25, 0.3) is 0 Å². The zero-order chi connectivity index (χ0) is 15.7. The van der Waals surface area contributed by atoms with Crippen LogP contribution in [0.2, 0.25) is 0 Å². The van der Waals surface area contributed by atoms with Gasteiger partial charge in [-0.1, -0.05) is 20.3 Å². The van der Waals surface area contributed by atoms with Crippen LogP contribution >= 0.6 is 0 Å². The van der Waals surface area contributed by atoms with Gasteiger partial charge in [-0.25, -0.2) is 4.98 Å². The summed E-state index contributed by atoms with van der Waals surface area (Å²) in [4.78, 5) is 19.1. The number of nitrogens with zero attached hydrogens (tertiary/aromatic N) is 3. The Morgan fingerprint density at radius 2 is 2.05 bits per heavy atom. The summed E-state index contributed by atoms with van der Waals surface area (Å²) in [5.41, 5.74) is -0.223. The zero-order valence-electron chi connectivity index (χ0n) is 12.7. The molecule has 0 aliphatic heterocycles. The summed E-state index contributed by atoms with van der Waals surface area (Å²) >= 11 is 0. The van der Waals surface area contributed by atoms with E-state index in [9.17, 15) is 10.1 Å². The fourth-order valence-corrected chi connectivity index (χ4v) is 1.61. The Hall–Kier alpha value is -1.96. The Labute approximate surface area is 124 Å². The van der Waals surface area contributed by atoms with Crippen LogP contribution in [0.3, 0.4) is 0 Å². The van der Waals surface area contributed by atoms with Gasteiger partial charge >= 0.3 is 5.69 Å². The molecule has 1 aromatic heterocycles. The summed E-state index contributed by atoms with van der Waals surface area (Å²) < 4.78 is 10.4. The molecule has 0 aromatic carbocycles. The number of ether oxygens (including phenoxy) is 2. The highest BCUT2D eigenvalue weighted by Gasteiger charge is 2.25. The molecule has 118 valence electrons. The average molecular weight is 298 g/mol. The first-order chi connectivity index (χ1) is 10.1. The highest BCUT2D eigenvalue weighted by molar-refractivity contribution is 5.61. The Morgan fingerprint density at radius 3 is 2.62 bits per heavy atom. The number of hydrogen-bond donors (Lipinski definition) is 1. The number of hydrogen-bond acceptors (Lipinski definition) is 7. The summed E-state index contributed by atoms with van der Waals surface area (Å²) in [5, 5.41) is 14.2. The van der Waals surface area contributed by atoms with Gasteiger partial charge in [0.25, 0.3) is 5.88 Å². The summed E-state index contributed by atoms with van der Waals surface area (Å²) in [7, 11) is 1.56. The molecule has 0 aliphatic carbocycles. The minimum Gasteiger partial charge on any atom is -0.473 e. The molecule has 1 N–H and O–H groups in total. The van der Waals surface area contributed by atoms with Gasteiger partial charge in [0.2, 0.25) is 5.82 Å². The van der Waals surface area contributed by atoms with Gasteiger partial charge in [-0.15, -0.1) is 0 Å². The fourth-order valence-electron chi connectivity index (χ4n) is 1.61. The van der Waals surface area contributed by atoms with E-state index in [0.29, 0.717) is 32.0 Å². The lowest BCUT2D eigenvalue weighted by Gasteiger charge is -2.11. The third kappa shape index (κ3) is 5.14. The lowest BCUT2D eigenvalue weighted by Crippen LogP contribution is -2.14. The van der Waals surface area contributed by atoms with Gasteiger partial charge in [0.1, 0.15) is 5.82 Å². The van der Waals surface area contributed by atoms with E-state index >= 15 is 0 Å². The van der Waals surface area contributed by atoms with Gasteiger partial charge in [-0.05, 0) is 6.42 Å². The summed E-state index contributed by atoms with van der Waals surface area (Å²) in [6.07, 6.45) is 2.33. The lowest BCUT2D eigenvalue weighted by molar-refractivity contribution is -0.385. The van der Waals surface area contributed by atoms with Crippen molar-refractivity contribution in [2.45, 2.75) is 33.1 Å². The van der Waals surface area contributed by atoms with Crippen molar-refractivity contribution in [3.8, 4) is 5.88 Å². The molecule has 0 bridgehead atoms. The molecule has 0 aliphatic rings. The molecule has 0 amide bonds. The van der Waals surface area contributed by atoms with E-state index in [0.717, 1.165) is 12.8 Å². The van der Waals surface area contributed by atoms with Crippen LogP contribution in [-0.2, 0) is 11.2 Å². The Balaban J connectivity index is 3.06. The quantitative estimate of drug-likeness (QED) is 0.401. The maximum Gasteiger partial charge on any atom is 0.372 e. The normalized spacial score (nSPS) is 10.4. The monoisotopic (exact) mass is 298 g/mol. The highest BCUT2D eigenvalue weighted by Crippen LogP contribution is 2.32. The molecule has 0 saturated carbocycles. The zero-order valence-corrected chi connectivity index (χ0v) is 12.7. The molecule has 0 atom stereocenters. The first-order valence-corrected chi connectivity index (χ1v) is 7.04. The molecular formula is C13H22N4O4. The number of nitrogens with one attached hydrogen (secondary N) is 1. The predicted molar refractivity (Wildman–Crippen MR) is 78.8 cm³/mol. The first-order valence-electron chi connectivity index (χ1n) is 7.04. The Bertz CT molecular complexity index is 436. The number of anilines is 1. The van der Waals surface area contributed by atoms with E-state index in [1.54, 1.807) is 7.11 Å². The van der Waals surface area contributed by atoms with Crippen LogP contribution in [0.15, 0.2) is 0 Å². The van der Waals surface area contributed by atoms with E-state index in [-0.39, 0.29) is 17.4 Å². The standard InChI is InChI=1S/C13H22N4O4/c1-4-6-8-21-13-11(17(18)19)12(14-7-9-20-3)15-10(5-2)16-13/h4-9H2,1-3H3,(H,14,15,16). The highest BCUT2D eigenvalue weighted by atomic mass is 16.6. The van der Waals surface area contributed by atoms with E-state index in [1.807, 2.05) is 13.8 Å². The van der Waals surface area contributed by atoms with E-state index in [1.165, 1.54) is 0 Å². The lowest BCUT2D eigenvalue weighted by atomic mass is 10.3. The van der Waals surface area contributed by atoms with Gasteiger partial charge in [0, 0.05) is 20.1 Å². The summed E-state index contributed by atoms with van der Waals surface area (Å²) in [5.74, 6) is 0.711. The Morgan fingerprint density at radius 1 is 1.29 bits per heavy atom. The predicted octanol–water partition coefficient (Wildman–Crippen LogP) is 2.18. The molecule has 8 nitrogen and oxygen atoms in total. The molecule has 1 aromatic rings. The van der Waals surface area contributed by atoms with Crippen molar-refractivity contribution in [2.75, 3.05) is 32.2 Å². The van der Waals surface area contributed by atoms with Crippen LogP contribution in [0.1, 0.15) is 32.5 Å². The number of rotatable bonds is 10. The number of methoxy groups -OCH3 is 1. The molecule has 1 rings (SSSR count). The van der Waals surface area contributed by atoms with E-state index in [4.69, 9.17) is 9.47 Å². The van der Waals surface area contributed by atoms with Crippen molar-refractivity contribution in [1.82, 2.24) is 9.97 Å². The van der Waals surface area contributed by atoms with Crippen molar-refractivity contribution in [1.29, 1.82) is 0 Å². The minimum absolute atomic E-state index is 0.0280. The molecule has 0 radical (unpaired) electrons. The first kappa shape index (κ1) is 17.1. The molecule has 1 heterocycles. The number of aromatic nitrogens is 2. The van der Waals surface area contributed by atoms with Crippen LogP contribution in [0, 0.1) is 10.1 Å².